The number of hydrogen-bond acceptors (Lipinski definition) is 8. The smallest absolute Gasteiger partial charge is 0.240 e. The number of amides is 2. The molecule has 7 rings (SSSR count). The maximum Gasteiger partial charge on any atom is 0.240 e. The SMILES string of the molecule is COc1ccc(-n2nc(-c3ccccc3)c3c2N(CC(=O)NCc2cccnc2)C(=O)CS[C@@H]3c2ccc3c(c2)OCO3)cc1. The van der Waals surface area contributed by atoms with Gasteiger partial charge in [0.05, 0.1) is 29.5 Å². The minimum Gasteiger partial charge on any atom is -0.497 e. The zero-order chi connectivity index (χ0) is 30.8. The second-order valence-electron chi connectivity index (χ2n) is 10.5. The molecule has 2 amide bonds. The second-order valence-corrected chi connectivity index (χ2v) is 11.6. The van der Waals surface area contributed by atoms with Gasteiger partial charge in [-0.25, -0.2) is 4.68 Å². The minimum atomic E-state index is -0.302. The maximum atomic E-state index is 14.0. The van der Waals surface area contributed by atoms with Crippen molar-refractivity contribution in [3.8, 4) is 34.2 Å². The highest BCUT2D eigenvalue weighted by Gasteiger charge is 2.38. The fraction of sp³-hybridized carbons (Fsp3) is 0.176. The number of thioether (sulfide) groups is 1. The standard InChI is InChI=1S/C34H29N5O5S/c1-42-26-12-10-25(11-13-26)39-34-31(32(37-39)23-7-3-2-4-8-23)33(24-9-14-27-28(16-24)44-21-43-27)45-20-30(41)38(34)19-29(40)36-18-22-6-5-15-35-17-22/h2-17,33H,18-21H2,1H3,(H,36,40)/t33-/m1/s1. The lowest BCUT2D eigenvalue weighted by atomic mass is 9.99. The van der Waals surface area contributed by atoms with E-state index in [9.17, 15) is 9.59 Å². The van der Waals surface area contributed by atoms with E-state index in [1.165, 1.54) is 11.8 Å². The number of methoxy groups -OCH3 is 1. The molecule has 2 aromatic heterocycles. The normalized spacial score (nSPS) is 15.4. The fourth-order valence-corrected chi connectivity index (χ4v) is 6.66. The van der Waals surface area contributed by atoms with Crippen LogP contribution in [0.15, 0.2) is 97.3 Å². The number of pyridine rings is 1. The Kier molecular flexibility index (Phi) is 7.83. The molecule has 2 aliphatic rings. The molecular weight excluding hydrogens is 590 g/mol. The molecule has 5 aromatic rings. The van der Waals surface area contributed by atoms with E-state index in [0.717, 1.165) is 27.9 Å². The van der Waals surface area contributed by atoms with E-state index >= 15 is 0 Å². The van der Waals surface area contributed by atoms with Gasteiger partial charge in [0, 0.05) is 30.1 Å². The lowest BCUT2D eigenvalue weighted by Crippen LogP contribution is -2.42. The Labute approximate surface area is 263 Å². The molecule has 226 valence electrons. The lowest BCUT2D eigenvalue weighted by Gasteiger charge is -2.23. The monoisotopic (exact) mass is 619 g/mol. The van der Waals surface area contributed by atoms with Gasteiger partial charge in [-0.1, -0.05) is 42.5 Å². The highest BCUT2D eigenvalue weighted by molar-refractivity contribution is 8.00. The number of rotatable bonds is 8. The molecule has 1 atom stereocenters. The van der Waals surface area contributed by atoms with Crippen molar-refractivity contribution in [2.75, 3.05) is 31.1 Å². The molecule has 45 heavy (non-hydrogen) atoms. The van der Waals surface area contributed by atoms with Crippen LogP contribution in [0.1, 0.15) is 21.9 Å². The van der Waals surface area contributed by atoms with Gasteiger partial charge < -0.3 is 19.5 Å². The number of nitrogens with zero attached hydrogens (tertiary/aromatic N) is 4. The van der Waals surface area contributed by atoms with Crippen molar-refractivity contribution in [3.05, 3.63) is 114 Å². The van der Waals surface area contributed by atoms with E-state index in [2.05, 4.69) is 10.3 Å². The molecule has 0 fully saturated rings. The predicted octanol–water partition coefficient (Wildman–Crippen LogP) is 5.16. The first-order valence-electron chi connectivity index (χ1n) is 14.4. The highest BCUT2D eigenvalue weighted by Crippen LogP contribution is 2.50. The number of fused-ring (bicyclic) bond motifs is 2. The Balaban J connectivity index is 1.38. The van der Waals surface area contributed by atoms with Crippen molar-refractivity contribution in [3.63, 3.8) is 0 Å². The van der Waals surface area contributed by atoms with Gasteiger partial charge >= 0.3 is 0 Å². The number of carbonyl (C=O) groups excluding carboxylic acids is 2. The van der Waals surface area contributed by atoms with Crippen LogP contribution in [0.3, 0.4) is 0 Å². The van der Waals surface area contributed by atoms with E-state index < -0.39 is 0 Å². The Bertz CT molecular complexity index is 1850. The number of anilines is 1. The molecule has 4 heterocycles. The largest absolute Gasteiger partial charge is 0.497 e. The predicted molar refractivity (Wildman–Crippen MR) is 171 cm³/mol. The van der Waals surface area contributed by atoms with Crippen molar-refractivity contribution in [1.29, 1.82) is 0 Å². The van der Waals surface area contributed by atoms with E-state index in [-0.39, 0.29) is 36.2 Å². The summed E-state index contributed by atoms with van der Waals surface area (Å²) in [6.07, 6.45) is 3.38. The van der Waals surface area contributed by atoms with Gasteiger partial charge in [0.2, 0.25) is 18.6 Å². The first-order chi connectivity index (χ1) is 22.1. The van der Waals surface area contributed by atoms with Crippen molar-refractivity contribution in [2.24, 2.45) is 0 Å². The van der Waals surface area contributed by atoms with Crippen LogP contribution in [0.5, 0.6) is 17.2 Å². The number of ether oxygens (including phenoxy) is 3. The van der Waals surface area contributed by atoms with Gasteiger partial charge in [-0.05, 0) is 53.6 Å². The molecule has 0 saturated heterocycles. The van der Waals surface area contributed by atoms with Crippen molar-refractivity contribution in [2.45, 2.75) is 11.8 Å². The average molecular weight is 620 g/mol. The summed E-state index contributed by atoms with van der Waals surface area (Å²) in [5, 5.41) is 7.78. The summed E-state index contributed by atoms with van der Waals surface area (Å²) in [6.45, 7) is 0.271. The summed E-state index contributed by atoms with van der Waals surface area (Å²) in [7, 11) is 1.61. The van der Waals surface area contributed by atoms with Crippen LogP contribution in [0.25, 0.3) is 16.9 Å². The summed E-state index contributed by atoms with van der Waals surface area (Å²) in [6, 6.07) is 26.9. The van der Waals surface area contributed by atoms with Gasteiger partial charge in [0.1, 0.15) is 18.1 Å². The van der Waals surface area contributed by atoms with E-state index in [0.29, 0.717) is 35.3 Å². The van der Waals surface area contributed by atoms with Crippen LogP contribution in [0, 0.1) is 0 Å². The van der Waals surface area contributed by atoms with Gasteiger partial charge in [0.15, 0.2) is 11.5 Å². The number of hydrogen-bond donors (Lipinski definition) is 1. The number of benzene rings is 3. The minimum absolute atomic E-state index is 0.153. The molecular formula is C34H29N5O5S. The number of nitrogens with one attached hydrogen (secondary N) is 1. The highest BCUT2D eigenvalue weighted by atomic mass is 32.2. The molecule has 10 nitrogen and oxygen atoms in total. The van der Waals surface area contributed by atoms with Gasteiger partial charge in [-0.2, -0.15) is 5.10 Å². The quantitative estimate of drug-likeness (QED) is 0.254. The van der Waals surface area contributed by atoms with Crippen molar-refractivity contribution < 1.29 is 23.8 Å². The molecule has 2 aliphatic heterocycles. The second kappa shape index (κ2) is 12.4. The maximum absolute atomic E-state index is 14.0. The first-order valence-corrected chi connectivity index (χ1v) is 15.4. The zero-order valence-corrected chi connectivity index (χ0v) is 25.2. The molecule has 0 aliphatic carbocycles. The average Bonchev–Trinajstić information content (AvgIpc) is 3.69. The molecule has 11 heteroatoms. The van der Waals surface area contributed by atoms with Crippen molar-refractivity contribution in [1.82, 2.24) is 20.1 Å². The Morgan fingerprint density at radius 2 is 1.84 bits per heavy atom. The van der Waals surface area contributed by atoms with Gasteiger partial charge in [-0.15, -0.1) is 11.8 Å². The molecule has 0 spiro atoms. The van der Waals surface area contributed by atoms with E-state index in [1.54, 1.807) is 29.1 Å². The first kappa shape index (κ1) is 28.5. The molecule has 0 radical (unpaired) electrons. The van der Waals surface area contributed by atoms with E-state index in [4.69, 9.17) is 19.3 Å². The topological polar surface area (TPSA) is 108 Å². The fourth-order valence-electron chi connectivity index (χ4n) is 5.47. The van der Waals surface area contributed by atoms with Gasteiger partial charge in [-0.3, -0.25) is 19.5 Å². The third kappa shape index (κ3) is 5.69. The summed E-state index contributed by atoms with van der Waals surface area (Å²) < 4.78 is 18.5. The molecule has 0 saturated carbocycles. The lowest BCUT2D eigenvalue weighted by molar-refractivity contribution is -0.123. The number of carbonyl (C=O) groups is 2. The Morgan fingerprint density at radius 3 is 2.62 bits per heavy atom. The van der Waals surface area contributed by atoms with Crippen LogP contribution in [0.2, 0.25) is 0 Å². The van der Waals surface area contributed by atoms with Gasteiger partial charge in [0.25, 0.3) is 0 Å². The summed E-state index contributed by atoms with van der Waals surface area (Å²) >= 11 is 1.50. The van der Waals surface area contributed by atoms with Crippen LogP contribution < -0.4 is 24.4 Å². The third-order valence-electron chi connectivity index (χ3n) is 7.67. The van der Waals surface area contributed by atoms with Crippen LogP contribution in [-0.4, -0.2) is 52.8 Å². The van der Waals surface area contributed by atoms with Crippen LogP contribution >= 0.6 is 11.8 Å². The van der Waals surface area contributed by atoms with Crippen LogP contribution in [0.4, 0.5) is 5.82 Å². The molecule has 0 unspecified atom stereocenters. The summed E-state index contributed by atoms with van der Waals surface area (Å²) in [5.41, 5.74) is 4.95. The zero-order valence-electron chi connectivity index (χ0n) is 24.4. The third-order valence-corrected chi connectivity index (χ3v) is 8.92. The Morgan fingerprint density at radius 1 is 1.02 bits per heavy atom. The molecule has 1 N–H and O–H groups in total. The van der Waals surface area contributed by atoms with E-state index in [1.807, 2.05) is 84.9 Å². The molecule has 0 bridgehead atoms. The van der Waals surface area contributed by atoms with Crippen molar-refractivity contribution >= 4 is 29.4 Å². The number of aromatic nitrogens is 3. The summed E-state index contributed by atoms with van der Waals surface area (Å²) in [4.78, 5) is 33.1. The van der Waals surface area contributed by atoms with Crippen LogP contribution in [-0.2, 0) is 16.1 Å². The Hall–Kier alpha value is -5.29. The molecule has 3 aromatic carbocycles. The summed E-state index contributed by atoms with van der Waals surface area (Å²) in [5.74, 6) is 2.22.